The second-order valence-corrected chi connectivity index (χ2v) is 4.08. The fraction of sp³-hybridized carbons (Fsp3) is 0.214. The van der Waals surface area contributed by atoms with Gasteiger partial charge in [-0.2, -0.15) is 0 Å². The second kappa shape index (κ2) is 5.62. The molecule has 94 valence electrons. The number of rotatable bonds is 4. The van der Waals surface area contributed by atoms with Crippen LogP contribution in [0.25, 0.3) is 0 Å². The van der Waals surface area contributed by atoms with E-state index in [-0.39, 0.29) is 6.04 Å². The lowest BCUT2D eigenvalue weighted by atomic mass is 10.0. The molecule has 1 aromatic heterocycles. The number of hydrazine groups is 1. The molecular formula is C14H17N3O. The molecule has 4 heteroatoms. The predicted molar refractivity (Wildman–Crippen MR) is 71.1 cm³/mol. The molecule has 2 rings (SSSR count). The van der Waals surface area contributed by atoms with Crippen molar-refractivity contribution in [3.63, 3.8) is 0 Å². The Morgan fingerprint density at radius 2 is 1.89 bits per heavy atom. The first-order chi connectivity index (χ1) is 8.74. The summed E-state index contributed by atoms with van der Waals surface area (Å²) >= 11 is 0. The van der Waals surface area contributed by atoms with Gasteiger partial charge >= 0.3 is 0 Å². The molecule has 2 aromatic rings. The van der Waals surface area contributed by atoms with E-state index < -0.39 is 0 Å². The van der Waals surface area contributed by atoms with Crippen LogP contribution in [-0.4, -0.2) is 12.1 Å². The first kappa shape index (κ1) is 12.5. The van der Waals surface area contributed by atoms with E-state index in [9.17, 15) is 0 Å². The summed E-state index contributed by atoms with van der Waals surface area (Å²) in [6.45, 7) is 1.96. The molecule has 4 nitrogen and oxygen atoms in total. The molecule has 18 heavy (non-hydrogen) atoms. The minimum Gasteiger partial charge on any atom is -0.497 e. The minimum atomic E-state index is -0.115. The lowest BCUT2D eigenvalue weighted by Gasteiger charge is -2.16. The zero-order chi connectivity index (χ0) is 13.0. The molecule has 1 unspecified atom stereocenters. The highest BCUT2D eigenvalue weighted by molar-refractivity contribution is 5.33. The number of aryl methyl sites for hydroxylation is 1. The van der Waals surface area contributed by atoms with E-state index in [0.29, 0.717) is 0 Å². The molecule has 0 bridgehead atoms. The van der Waals surface area contributed by atoms with E-state index in [2.05, 4.69) is 10.4 Å². The summed E-state index contributed by atoms with van der Waals surface area (Å²) in [5.41, 5.74) is 5.73. The lowest BCUT2D eigenvalue weighted by Crippen LogP contribution is -2.29. The van der Waals surface area contributed by atoms with Gasteiger partial charge in [-0.15, -0.1) is 0 Å². The molecule has 0 saturated carbocycles. The Balaban J connectivity index is 2.32. The third-order valence-electron chi connectivity index (χ3n) is 2.82. The second-order valence-electron chi connectivity index (χ2n) is 4.08. The molecule has 1 heterocycles. The third-order valence-corrected chi connectivity index (χ3v) is 2.82. The van der Waals surface area contributed by atoms with E-state index in [4.69, 9.17) is 10.6 Å². The molecule has 1 aromatic carbocycles. The van der Waals surface area contributed by atoms with Crippen LogP contribution < -0.4 is 16.0 Å². The number of aromatic nitrogens is 1. The van der Waals surface area contributed by atoms with Gasteiger partial charge in [0, 0.05) is 5.69 Å². The molecule has 0 fully saturated rings. The molecule has 0 saturated heterocycles. The lowest BCUT2D eigenvalue weighted by molar-refractivity contribution is 0.414. The summed E-state index contributed by atoms with van der Waals surface area (Å²) in [5.74, 6) is 6.46. The van der Waals surface area contributed by atoms with Crippen molar-refractivity contribution in [2.45, 2.75) is 13.0 Å². The zero-order valence-corrected chi connectivity index (χ0v) is 10.6. The fourth-order valence-corrected chi connectivity index (χ4v) is 1.87. The van der Waals surface area contributed by atoms with Gasteiger partial charge in [0.1, 0.15) is 5.75 Å². The maximum Gasteiger partial charge on any atom is 0.118 e. The van der Waals surface area contributed by atoms with Gasteiger partial charge in [0.05, 0.1) is 18.8 Å². The largest absolute Gasteiger partial charge is 0.497 e. The number of nitrogens with one attached hydrogen (secondary N) is 1. The van der Waals surface area contributed by atoms with Crippen LogP contribution in [-0.2, 0) is 0 Å². The number of nitrogens with zero attached hydrogens (tertiary/aromatic N) is 1. The van der Waals surface area contributed by atoms with Gasteiger partial charge in [-0.3, -0.25) is 10.8 Å². The fourth-order valence-electron chi connectivity index (χ4n) is 1.87. The highest BCUT2D eigenvalue weighted by Crippen LogP contribution is 2.22. The van der Waals surface area contributed by atoms with Gasteiger partial charge < -0.3 is 4.74 Å². The zero-order valence-electron chi connectivity index (χ0n) is 10.6. The van der Waals surface area contributed by atoms with Crippen molar-refractivity contribution in [2.75, 3.05) is 7.11 Å². The smallest absolute Gasteiger partial charge is 0.118 e. The van der Waals surface area contributed by atoms with Crippen LogP contribution in [0.5, 0.6) is 5.75 Å². The Labute approximate surface area is 107 Å². The summed E-state index contributed by atoms with van der Waals surface area (Å²) in [4.78, 5) is 4.49. The van der Waals surface area contributed by atoms with Crippen molar-refractivity contribution in [1.82, 2.24) is 10.4 Å². The summed E-state index contributed by atoms with van der Waals surface area (Å²) in [6.07, 6.45) is 0. The Kier molecular flexibility index (Phi) is 3.92. The van der Waals surface area contributed by atoms with Crippen LogP contribution >= 0.6 is 0 Å². The number of pyridine rings is 1. The van der Waals surface area contributed by atoms with Crippen molar-refractivity contribution in [2.24, 2.45) is 5.84 Å². The maximum absolute atomic E-state index is 5.64. The van der Waals surface area contributed by atoms with Crippen LogP contribution in [0.3, 0.4) is 0 Å². The average molecular weight is 243 g/mol. The van der Waals surface area contributed by atoms with E-state index in [1.165, 1.54) is 0 Å². The monoisotopic (exact) mass is 243 g/mol. The highest BCUT2D eigenvalue weighted by Gasteiger charge is 2.13. The molecule has 0 aliphatic carbocycles. The van der Waals surface area contributed by atoms with Gasteiger partial charge in [0.25, 0.3) is 0 Å². The first-order valence-electron chi connectivity index (χ1n) is 5.78. The molecule has 0 aliphatic rings. The molecule has 0 aliphatic heterocycles. The summed E-state index contributed by atoms with van der Waals surface area (Å²) < 4.78 is 5.14. The van der Waals surface area contributed by atoms with Crippen molar-refractivity contribution < 1.29 is 4.74 Å². The van der Waals surface area contributed by atoms with Crippen molar-refractivity contribution in [3.8, 4) is 5.75 Å². The number of nitrogens with two attached hydrogens (primary N) is 1. The Morgan fingerprint density at radius 1 is 1.17 bits per heavy atom. The van der Waals surface area contributed by atoms with Crippen molar-refractivity contribution in [1.29, 1.82) is 0 Å². The quantitative estimate of drug-likeness (QED) is 0.636. The molecule has 3 N–H and O–H groups in total. The Hall–Kier alpha value is -1.91. The van der Waals surface area contributed by atoms with Crippen LogP contribution in [0, 0.1) is 6.92 Å². The van der Waals surface area contributed by atoms with Gasteiger partial charge in [-0.05, 0) is 36.8 Å². The van der Waals surface area contributed by atoms with Crippen LogP contribution in [0.15, 0.2) is 42.5 Å². The maximum atomic E-state index is 5.64. The van der Waals surface area contributed by atoms with Crippen LogP contribution in [0.4, 0.5) is 0 Å². The normalized spacial score (nSPS) is 12.2. The van der Waals surface area contributed by atoms with Gasteiger partial charge in [0.2, 0.25) is 0 Å². The average Bonchev–Trinajstić information content (AvgIpc) is 2.40. The number of ether oxygens (including phenoxy) is 1. The van der Waals surface area contributed by atoms with Gasteiger partial charge in [-0.1, -0.05) is 18.2 Å². The molecule has 1 atom stereocenters. The molecular weight excluding hydrogens is 226 g/mol. The Bertz CT molecular complexity index is 511. The molecule has 0 amide bonds. The number of benzene rings is 1. The SMILES string of the molecule is COc1ccc(C(NN)c2cccc(C)n2)cc1. The number of methoxy groups -OCH3 is 1. The van der Waals surface area contributed by atoms with E-state index in [1.807, 2.05) is 49.4 Å². The molecule has 0 radical (unpaired) electrons. The van der Waals surface area contributed by atoms with Gasteiger partial charge in [0.15, 0.2) is 0 Å². The van der Waals surface area contributed by atoms with E-state index in [0.717, 1.165) is 22.7 Å². The Morgan fingerprint density at radius 3 is 2.44 bits per heavy atom. The summed E-state index contributed by atoms with van der Waals surface area (Å²) in [6, 6.07) is 13.6. The summed E-state index contributed by atoms with van der Waals surface area (Å²) in [7, 11) is 1.65. The first-order valence-corrected chi connectivity index (χ1v) is 5.78. The third kappa shape index (κ3) is 2.67. The van der Waals surface area contributed by atoms with E-state index >= 15 is 0 Å². The van der Waals surface area contributed by atoms with Crippen molar-refractivity contribution in [3.05, 3.63) is 59.4 Å². The van der Waals surface area contributed by atoms with Crippen molar-refractivity contribution >= 4 is 0 Å². The van der Waals surface area contributed by atoms with Crippen LogP contribution in [0.1, 0.15) is 23.0 Å². The number of hydrogen-bond acceptors (Lipinski definition) is 4. The molecule has 0 spiro atoms. The van der Waals surface area contributed by atoms with Crippen LogP contribution in [0.2, 0.25) is 0 Å². The van der Waals surface area contributed by atoms with Gasteiger partial charge in [-0.25, -0.2) is 5.43 Å². The topological polar surface area (TPSA) is 60.2 Å². The minimum absolute atomic E-state index is 0.115. The predicted octanol–water partition coefficient (Wildman–Crippen LogP) is 1.95. The standard InChI is InChI=1S/C14H17N3O/c1-10-4-3-5-13(16-10)14(17-15)11-6-8-12(18-2)9-7-11/h3-9,14,17H,15H2,1-2H3. The summed E-state index contributed by atoms with van der Waals surface area (Å²) in [5, 5.41) is 0. The highest BCUT2D eigenvalue weighted by atomic mass is 16.5. The number of hydrogen-bond donors (Lipinski definition) is 2. The van der Waals surface area contributed by atoms with E-state index in [1.54, 1.807) is 7.11 Å².